The normalized spacial score (nSPS) is 14.2. The molecule has 1 fully saturated rings. The summed E-state index contributed by atoms with van der Waals surface area (Å²) in [5.41, 5.74) is 2.09. The Balaban J connectivity index is 1.68. The third-order valence-corrected chi connectivity index (χ3v) is 8.28. The van der Waals surface area contributed by atoms with Gasteiger partial charge in [0, 0.05) is 51.2 Å². The van der Waals surface area contributed by atoms with Gasteiger partial charge in [0.05, 0.1) is 33.4 Å². The van der Waals surface area contributed by atoms with Gasteiger partial charge in [-0.05, 0) is 45.9 Å². The Kier molecular flexibility index (Phi) is 7.06. The van der Waals surface area contributed by atoms with Crippen LogP contribution in [0, 0.1) is 11.8 Å². The fraction of sp³-hybridized carbons (Fsp3) is 0.345. The molecule has 40 heavy (non-hydrogen) atoms. The van der Waals surface area contributed by atoms with Gasteiger partial charge in [-0.15, -0.1) is 5.92 Å². The van der Waals surface area contributed by atoms with Crippen molar-refractivity contribution >= 4 is 32.8 Å². The summed E-state index contributed by atoms with van der Waals surface area (Å²) in [5, 5.41) is 4.94. The van der Waals surface area contributed by atoms with Gasteiger partial charge in [0.15, 0.2) is 5.65 Å². The standard InChI is InChI=1S/C29H32N6O4S/c1-6-10-23-25-24(33-15-17-34(18-16-33)28(36)39-29(2,3)4)13-14-30-27(25)35(26(23)21-19-31-32(5)20-21)40(37,38)22-11-8-7-9-12-22/h7-9,11-14,19-20H,15-18H2,1-5H3. The van der Waals surface area contributed by atoms with Crippen molar-refractivity contribution in [3.8, 4) is 23.1 Å². The fourth-order valence-corrected chi connectivity index (χ4v) is 6.38. The number of nitrogens with zero attached hydrogens (tertiary/aromatic N) is 6. The summed E-state index contributed by atoms with van der Waals surface area (Å²) < 4.78 is 36.8. The number of aryl methyl sites for hydroxylation is 1. The van der Waals surface area contributed by atoms with Crippen LogP contribution in [0.25, 0.3) is 22.3 Å². The summed E-state index contributed by atoms with van der Waals surface area (Å²) >= 11 is 0. The molecule has 0 unspecified atom stereocenters. The molecule has 0 spiro atoms. The molecule has 0 saturated carbocycles. The van der Waals surface area contributed by atoms with Gasteiger partial charge in [-0.1, -0.05) is 24.1 Å². The Morgan fingerprint density at radius 3 is 2.35 bits per heavy atom. The van der Waals surface area contributed by atoms with Crippen LogP contribution < -0.4 is 4.90 Å². The molecule has 0 radical (unpaired) electrons. The average Bonchev–Trinajstić information content (AvgIpc) is 3.50. The molecule has 0 bridgehead atoms. The van der Waals surface area contributed by atoms with Crippen molar-refractivity contribution in [2.75, 3.05) is 31.1 Å². The highest BCUT2D eigenvalue weighted by Gasteiger charge is 2.32. The summed E-state index contributed by atoms with van der Waals surface area (Å²) in [6.07, 6.45) is 4.67. The second kappa shape index (κ2) is 10.4. The minimum atomic E-state index is -4.06. The van der Waals surface area contributed by atoms with E-state index >= 15 is 0 Å². The molecule has 3 aromatic heterocycles. The largest absolute Gasteiger partial charge is 0.444 e. The lowest BCUT2D eigenvalue weighted by Gasteiger charge is -2.37. The molecule has 0 N–H and O–H groups in total. The molecular formula is C29H32N6O4S. The molecule has 1 saturated heterocycles. The second-order valence-corrected chi connectivity index (χ2v) is 12.4. The number of hydrogen-bond acceptors (Lipinski definition) is 7. The van der Waals surface area contributed by atoms with E-state index in [1.54, 1.807) is 72.5 Å². The zero-order valence-electron chi connectivity index (χ0n) is 23.2. The summed E-state index contributed by atoms with van der Waals surface area (Å²) in [7, 11) is -2.28. The van der Waals surface area contributed by atoms with Crippen molar-refractivity contribution in [3.63, 3.8) is 0 Å². The zero-order chi connectivity index (χ0) is 28.7. The van der Waals surface area contributed by atoms with E-state index in [0.29, 0.717) is 48.4 Å². The lowest BCUT2D eigenvalue weighted by Crippen LogP contribution is -2.50. The maximum Gasteiger partial charge on any atom is 0.410 e. The molecular weight excluding hydrogens is 528 g/mol. The molecule has 0 aliphatic carbocycles. The van der Waals surface area contributed by atoms with Crippen LogP contribution in [0.15, 0.2) is 59.9 Å². The molecule has 1 amide bonds. The van der Waals surface area contributed by atoms with E-state index in [1.807, 2.05) is 26.8 Å². The van der Waals surface area contributed by atoms with Crippen LogP contribution >= 0.6 is 0 Å². The van der Waals surface area contributed by atoms with Gasteiger partial charge < -0.3 is 14.5 Å². The van der Waals surface area contributed by atoms with Crippen LogP contribution in [0.1, 0.15) is 33.3 Å². The highest BCUT2D eigenvalue weighted by atomic mass is 32.2. The number of piperazine rings is 1. The van der Waals surface area contributed by atoms with Crippen LogP contribution in [-0.2, 0) is 21.8 Å². The molecule has 11 heteroatoms. The van der Waals surface area contributed by atoms with Crippen LogP contribution in [0.4, 0.5) is 10.5 Å². The van der Waals surface area contributed by atoms with Crippen LogP contribution in [0.2, 0.25) is 0 Å². The minimum Gasteiger partial charge on any atom is -0.444 e. The highest BCUT2D eigenvalue weighted by molar-refractivity contribution is 7.90. The summed E-state index contributed by atoms with van der Waals surface area (Å²) in [6, 6.07) is 10.2. The first-order chi connectivity index (χ1) is 19.0. The van der Waals surface area contributed by atoms with Crippen LogP contribution in [0.3, 0.4) is 0 Å². The molecule has 5 rings (SSSR count). The Morgan fingerprint density at radius 2 is 1.75 bits per heavy atom. The minimum absolute atomic E-state index is 0.145. The molecule has 208 valence electrons. The number of aromatic nitrogens is 4. The van der Waals surface area contributed by atoms with E-state index in [9.17, 15) is 13.2 Å². The first-order valence-electron chi connectivity index (χ1n) is 13.0. The lowest BCUT2D eigenvalue weighted by atomic mass is 10.1. The Hall–Kier alpha value is -4.30. The summed E-state index contributed by atoms with van der Waals surface area (Å²) in [5.74, 6) is 6.15. The monoisotopic (exact) mass is 560 g/mol. The Labute approximate surface area is 234 Å². The van der Waals surface area contributed by atoms with E-state index in [0.717, 1.165) is 5.69 Å². The van der Waals surface area contributed by atoms with Crippen molar-refractivity contribution in [1.29, 1.82) is 0 Å². The Morgan fingerprint density at radius 1 is 1.05 bits per heavy atom. The van der Waals surface area contributed by atoms with Gasteiger partial charge in [0.25, 0.3) is 10.0 Å². The number of benzene rings is 1. The molecule has 10 nitrogen and oxygen atoms in total. The maximum absolute atomic E-state index is 14.2. The molecule has 4 heterocycles. The molecule has 0 atom stereocenters. The second-order valence-electron chi connectivity index (χ2n) is 10.6. The number of carbonyl (C=O) groups is 1. The van der Waals surface area contributed by atoms with Crippen LogP contribution in [-0.4, -0.2) is 69.9 Å². The zero-order valence-corrected chi connectivity index (χ0v) is 24.1. The molecule has 1 aromatic carbocycles. The number of rotatable bonds is 4. The van der Waals surface area contributed by atoms with Crippen molar-refractivity contribution in [3.05, 3.63) is 60.6 Å². The number of amides is 1. The predicted octanol–water partition coefficient (Wildman–Crippen LogP) is 4.10. The van der Waals surface area contributed by atoms with Gasteiger partial charge in [0.1, 0.15) is 5.60 Å². The van der Waals surface area contributed by atoms with E-state index in [2.05, 4.69) is 26.8 Å². The smallest absolute Gasteiger partial charge is 0.410 e. The fourth-order valence-electron chi connectivity index (χ4n) is 4.86. The van der Waals surface area contributed by atoms with Gasteiger partial charge in [-0.2, -0.15) is 5.10 Å². The van der Waals surface area contributed by atoms with Gasteiger partial charge in [-0.3, -0.25) is 4.68 Å². The van der Waals surface area contributed by atoms with Gasteiger partial charge >= 0.3 is 6.09 Å². The number of anilines is 1. The first kappa shape index (κ1) is 27.3. The SMILES string of the molecule is CC#Cc1c(-c2cnn(C)c2)n(S(=O)(=O)c2ccccc2)c2nccc(N3CCN(C(=O)OC(C)(C)C)CC3)c12. The van der Waals surface area contributed by atoms with E-state index in [1.165, 1.54) is 3.97 Å². The van der Waals surface area contributed by atoms with Gasteiger partial charge in [-0.25, -0.2) is 22.2 Å². The molecule has 1 aliphatic rings. The van der Waals surface area contributed by atoms with Crippen LogP contribution in [0.5, 0.6) is 0 Å². The molecule has 4 aromatic rings. The average molecular weight is 561 g/mol. The van der Waals surface area contributed by atoms with Gasteiger partial charge in [0.2, 0.25) is 0 Å². The summed E-state index contributed by atoms with van der Waals surface area (Å²) in [4.78, 5) is 21.2. The third kappa shape index (κ3) is 5.02. The predicted molar refractivity (Wildman–Crippen MR) is 154 cm³/mol. The van der Waals surface area contributed by atoms with Crippen molar-refractivity contribution in [2.45, 2.75) is 38.2 Å². The number of carbonyl (C=O) groups excluding carboxylic acids is 1. The topological polar surface area (TPSA) is 103 Å². The number of pyridine rings is 1. The lowest BCUT2D eigenvalue weighted by molar-refractivity contribution is 0.0240. The Bertz CT molecular complexity index is 1730. The molecule has 1 aliphatic heterocycles. The summed E-state index contributed by atoms with van der Waals surface area (Å²) in [6.45, 7) is 9.26. The maximum atomic E-state index is 14.2. The van der Waals surface area contributed by atoms with Crippen molar-refractivity contribution < 1.29 is 17.9 Å². The van der Waals surface area contributed by atoms with E-state index in [-0.39, 0.29) is 16.6 Å². The number of ether oxygens (including phenoxy) is 1. The third-order valence-electron chi connectivity index (χ3n) is 6.57. The van der Waals surface area contributed by atoms with Crippen molar-refractivity contribution in [2.24, 2.45) is 7.05 Å². The number of hydrogen-bond donors (Lipinski definition) is 0. The first-order valence-corrected chi connectivity index (χ1v) is 14.4. The highest BCUT2D eigenvalue weighted by Crippen LogP contribution is 2.40. The number of fused-ring (bicyclic) bond motifs is 1. The van der Waals surface area contributed by atoms with Crippen molar-refractivity contribution in [1.82, 2.24) is 23.6 Å². The van der Waals surface area contributed by atoms with E-state index < -0.39 is 15.6 Å². The quantitative estimate of drug-likeness (QED) is 0.346. The van der Waals surface area contributed by atoms with E-state index in [4.69, 9.17) is 4.74 Å².